The highest BCUT2D eigenvalue weighted by Gasteiger charge is 2.25. The highest BCUT2D eigenvalue weighted by atomic mass is 32.2. The van der Waals surface area contributed by atoms with E-state index in [-0.39, 0.29) is 6.04 Å². The van der Waals surface area contributed by atoms with Gasteiger partial charge in [0.15, 0.2) is 0 Å². The number of rotatable bonds is 4. The first-order valence-electron chi connectivity index (χ1n) is 5.71. The minimum atomic E-state index is -0.0999. The standard InChI is InChI=1S/C13H16N2OS/c1-16-12-4-2-3-11(7-12)15-13(8-14)10-5-6-17-9-10/h2-4,7,10,13,15H,5-6,9H2,1H3. The van der Waals surface area contributed by atoms with Gasteiger partial charge in [-0.15, -0.1) is 0 Å². The van der Waals surface area contributed by atoms with Gasteiger partial charge in [0.05, 0.1) is 13.2 Å². The molecule has 0 amide bonds. The molecule has 1 saturated heterocycles. The van der Waals surface area contributed by atoms with Crippen LogP contribution in [0.25, 0.3) is 0 Å². The van der Waals surface area contributed by atoms with Gasteiger partial charge in [-0.3, -0.25) is 0 Å². The fourth-order valence-corrected chi connectivity index (χ4v) is 3.26. The summed E-state index contributed by atoms with van der Waals surface area (Å²) >= 11 is 1.93. The van der Waals surface area contributed by atoms with E-state index in [1.54, 1.807) is 7.11 Å². The van der Waals surface area contributed by atoms with Crippen LogP contribution in [0.15, 0.2) is 24.3 Å². The number of thioether (sulfide) groups is 1. The Bertz CT molecular complexity index is 410. The maximum absolute atomic E-state index is 9.22. The van der Waals surface area contributed by atoms with Gasteiger partial charge in [0.1, 0.15) is 11.8 Å². The van der Waals surface area contributed by atoms with Crippen LogP contribution in [-0.4, -0.2) is 24.7 Å². The van der Waals surface area contributed by atoms with E-state index in [1.807, 2.05) is 36.0 Å². The average Bonchev–Trinajstić information content (AvgIpc) is 2.90. The number of nitrogens with zero attached hydrogens (tertiary/aromatic N) is 1. The topological polar surface area (TPSA) is 45.0 Å². The van der Waals surface area contributed by atoms with Crippen molar-refractivity contribution in [2.45, 2.75) is 12.5 Å². The van der Waals surface area contributed by atoms with Crippen molar-refractivity contribution in [2.24, 2.45) is 5.92 Å². The molecule has 1 fully saturated rings. The predicted molar refractivity (Wildman–Crippen MR) is 71.4 cm³/mol. The van der Waals surface area contributed by atoms with E-state index < -0.39 is 0 Å². The summed E-state index contributed by atoms with van der Waals surface area (Å²) in [6.45, 7) is 0. The van der Waals surface area contributed by atoms with Crippen LogP contribution in [0.4, 0.5) is 5.69 Å². The van der Waals surface area contributed by atoms with Crippen LogP contribution in [0.5, 0.6) is 5.75 Å². The molecule has 4 heteroatoms. The van der Waals surface area contributed by atoms with Crippen molar-refractivity contribution in [1.82, 2.24) is 0 Å². The van der Waals surface area contributed by atoms with Gasteiger partial charge in [0, 0.05) is 17.7 Å². The molecule has 1 aliphatic heterocycles. The van der Waals surface area contributed by atoms with E-state index in [9.17, 15) is 5.26 Å². The SMILES string of the molecule is COc1cccc(NC(C#N)C2CCSC2)c1. The molecule has 0 saturated carbocycles. The molecule has 0 spiro atoms. The fourth-order valence-electron chi connectivity index (χ4n) is 1.96. The smallest absolute Gasteiger partial charge is 0.120 e. The number of benzene rings is 1. The Morgan fingerprint density at radius 1 is 1.59 bits per heavy atom. The number of ether oxygens (including phenoxy) is 1. The molecule has 1 aliphatic rings. The Labute approximate surface area is 106 Å². The van der Waals surface area contributed by atoms with E-state index in [0.717, 1.165) is 23.6 Å². The van der Waals surface area contributed by atoms with Gasteiger partial charge in [-0.2, -0.15) is 17.0 Å². The maximum Gasteiger partial charge on any atom is 0.120 e. The number of anilines is 1. The molecule has 0 aromatic heterocycles. The first kappa shape index (κ1) is 12.1. The largest absolute Gasteiger partial charge is 0.497 e. The molecule has 0 aliphatic carbocycles. The molecule has 17 heavy (non-hydrogen) atoms. The summed E-state index contributed by atoms with van der Waals surface area (Å²) in [5.74, 6) is 3.52. The highest BCUT2D eigenvalue weighted by Crippen LogP contribution is 2.28. The molecule has 1 N–H and O–H groups in total. The van der Waals surface area contributed by atoms with Crippen molar-refractivity contribution in [2.75, 3.05) is 23.9 Å². The van der Waals surface area contributed by atoms with Gasteiger partial charge in [-0.05, 0) is 30.1 Å². The molecule has 0 bridgehead atoms. The molecule has 1 aromatic rings. The van der Waals surface area contributed by atoms with Crippen LogP contribution in [0.2, 0.25) is 0 Å². The second-order valence-corrected chi connectivity index (χ2v) is 5.26. The zero-order valence-corrected chi connectivity index (χ0v) is 10.7. The molecule has 0 radical (unpaired) electrons. The maximum atomic E-state index is 9.22. The predicted octanol–water partition coefficient (Wildman–Crippen LogP) is 2.75. The van der Waals surface area contributed by atoms with E-state index in [2.05, 4.69) is 11.4 Å². The van der Waals surface area contributed by atoms with Crippen molar-refractivity contribution in [3.8, 4) is 11.8 Å². The molecule has 1 aromatic carbocycles. The van der Waals surface area contributed by atoms with Crippen LogP contribution >= 0.6 is 11.8 Å². The molecule has 2 unspecified atom stereocenters. The van der Waals surface area contributed by atoms with Gasteiger partial charge in [-0.1, -0.05) is 6.07 Å². The number of nitriles is 1. The van der Waals surface area contributed by atoms with Crippen LogP contribution in [0, 0.1) is 17.2 Å². The van der Waals surface area contributed by atoms with Gasteiger partial charge < -0.3 is 10.1 Å². The minimum absolute atomic E-state index is 0.0999. The van der Waals surface area contributed by atoms with Crippen LogP contribution in [-0.2, 0) is 0 Å². The summed E-state index contributed by atoms with van der Waals surface area (Å²) in [6, 6.07) is 9.99. The van der Waals surface area contributed by atoms with E-state index in [0.29, 0.717) is 5.92 Å². The number of methoxy groups -OCH3 is 1. The highest BCUT2D eigenvalue weighted by molar-refractivity contribution is 7.99. The summed E-state index contributed by atoms with van der Waals surface area (Å²) in [7, 11) is 1.65. The van der Waals surface area contributed by atoms with Crippen LogP contribution in [0.3, 0.4) is 0 Å². The normalized spacial score (nSPS) is 20.6. The van der Waals surface area contributed by atoms with Crippen LogP contribution < -0.4 is 10.1 Å². The Balaban J connectivity index is 2.04. The second kappa shape index (κ2) is 5.83. The van der Waals surface area contributed by atoms with Crippen molar-refractivity contribution in [3.05, 3.63) is 24.3 Å². The zero-order valence-electron chi connectivity index (χ0n) is 9.85. The molecular formula is C13H16N2OS. The van der Waals surface area contributed by atoms with Gasteiger partial charge in [-0.25, -0.2) is 0 Å². The third-order valence-electron chi connectivity index (χ3n) is 2.97. The van der Waals surface area contributed by atoms with E-state index in [1.165, 1.54) is 5.75 Å². The second-order valence-electron chi connectivity index (χ2n) is 4.11. The quantitative estimate of drug-likeness (QED) is 0.890. The van der Waals surface area contributed by atoms with Crippen molar-refractivity contribution < 1.29 is 4.74 Å². The molecule has 90 valence electrons. The van der Waals surface area contributed by atoms with Crippen LogP contribution in [0.1, 0.15) is 6.42 Å². The van der Waals surface area contributed by atoms with Crippen molar-refractivity contribution in [3.63, 3.8) is 0 Å². The Morgan fingerprint density at radius 3 is 3.12 bits per heavy atom. The molecular weight excluding hydrogens is 232 g/mol. The average molecular weight is 248 g/mol. The molecule has 3 nitrogen and oxygen atoms in total. The number of hydrogen-bond donors (Lipinski definition) is 1. The lowest BCUT2D eigenvalue weighted by Crippen LogP contribution is -2.27. The zero-order chi connectivity index (χ0) is 12.1. The van der Waals surface area contributed by atoms with E-state index >= 15 is 0 Å². The van der Waals surface area contributed by atoms with Gasteiger partial charge in [0.2, 0.25) is 0 Å². The molecule has 2 rings (SSSR count). The Morgan fingerprint density at radius 2 is 2.47 bits per heavy atom. The lowest BCUT2D eigenvalue weighted by Gasteiger charge is -2.18. The Kier molecular flexibility index (Phi) is 4.16. The third-order valence-corrected chi connectivity index (χ3v) is 4.16. The summed E-state index contributed by atoms with van der Waals surface area (Å²) < 4.78 is 5.17. The summed E-state index contributed by atoms with van der Waals surface area (Å²) in [6.07, 6.45) is 1.12. The van der Waals surface area contributed by atoms with Crippen molar-refractivity contribution >= 4 is 17.4 Å². The van der Waals surface area contributed by atoms with Gasteiger partial charge >= 0.3 is 0 Å². The lowest BCUT2D eigenvalue weighted by molar-refractivity contribution is 0.415. The summed E-state index contributed by atoms with van der Waals surface area (Å²) in [5, 5.41) is 12.5. The monoisotopic (exact) mass is 248 g/mol. The van der Waals surface area contributed by atoms with E-state index in [4.69, 9.17) is 4.74 Å². The molecule has 2 atom stereocenters. The summed E-state index contributed by atoms with van der Waals surface area (Å²) in [5.41, 5.74) is 0.952. The fraction of sp³-hybridized carbons (Fsp3) is 0.462. The summed E-state index contributed by atoms with van der Waals surface area (Å²) in [4.78, 5) is 0. The third kappa shape index (κ3) is 3.07. The lowest BCUT2D eigenvalue weighted by atomic mass is 10.0. The first-order valence-corrected chi connectivity index (χ1v) is 6.87. The minimum Gasteiger partial charge on any atom is -0.497 e. The number of nitrogens with one attached hydrogen (secondary N) is 1. The van der Waals surface area contributed by atoms with Crippen molar-refractivity contribution in [1.29, 1.82) is 5.26 Å². The molecule has 1 heterocycles. The van der Waals surface area contributed by atoms with Gasteiger partial charge in [0.25, 0.3) is 0 Å². The first-order chi connectivity index (χ1) is 8.33. The Hall–Kier alpha value is -1.34. The number of hydrogen-bond acceptors (Lipinski definition) is 4.